The van der Waals surface area contributed by atoms with E-state index in [1.165, 1.54) is 0 Å². The number of aromatic carboxylic acids is 1. The van der Waals surface area contributed by atoms with Gasteiger partial charge in [-0.3, -0.25) is 9.98 Å². The molecule has 2 aromatic rings. The van der Waals surface area contributed by atoms with Gasteiger partial charge in [-0.05, 0) is 23.8 Å². The molecule has 1 heterocycles. The molecule has 0 aliphatic carbocycles. The van der Waals surface area contributed by atoms with Crippen LogP contribution in [0, 0.1) is 0 Å². The van der Waals surface area contributed by atoms with E-state index in [1.807, 2.05) is 30.3 Å². The molecular weight excluding hydrogens is 228 g/mol. The predicted molar refractivity (Wildman–Crippen MR) is 64.9 cm³/mol. The number of benzene rings is 2. The lowest BCUT2D eigenvalue weighted by Crippen LogP contribution is -2.22. The van der Waals surface area contributed by atoms with Crippen LogP contribution < -0.4 is 10.7 Å². The van der Waals surface area contributed by atoms with Gasteiger partial charge in [-0.25, -0.2) is 4.79 Å². The van der Waals surface area contributed by atoms with Crippen LogP contribution in [-0.4, -0.2) is 11.1 Å². The molecular formula is C14H10N2O2. The van der Waals surface area contributed by atoms with Crippen molar-refractivity contribution in [2.75, 3.05) is 0 Å². The molecule has 0 fully saturated rings. The maximum absolute atomic E-state index is 10.9. The van der Waals surface area contributed by atoms with Crippen molar-refractivity contribution in [3.63, 3.8) is 0 Å². The lowest BCUT2D eigenvalue weighted by molar-refractivity contribution is 0.0696. The maximum atomic E-state index is 10.9. The molecule has 1 aliphatic heterocycles. The fourth-order valence-corrected chi connectivity index (χ4v) is 1.94. The Balaban J connectivity index is 2.08. The highest BCUT2D eigenvalue weighted by Gasteiger charge is 2.13. The smallest absolute Gasteiger partial charge is 0.335 e. The average molecular weight is 238 g/mol. The molecule has 0 spiro atoms. The van der Waals surface area contributed by atoms with Gasteiger partial charge in [-0.15, -0.1) is 0 Å². The molecule has 4 heteroatoms. The first-order valence-electron chi connectivity index (χ1n) is 5.58. The number of nitrogens with zero attached hydrogens (tertiary/aromatic N) is 2. The van der Waals surface area contributed by atoms with E-state index in [2.05, 4.69) is 9.98 Å². The Morgan fingerprint density at radius 1 is 1.00 bits per heavy atom. The Labute approximate surface area is 103 Å². The number of hydrogen-bond acceptors (Lipinski definition) is 3. The van der Waals surface area contributed by atoms with E-state index in [1.54, 1.807) is 18.2 Å². The summed E-state index contributed by atoms with van der Waals surface area (Å²) in [7, 11) is 0. The van der Waals surface area contributed by atoms with E-state index < -0.39 is 5.97 Å². The van der Waals surface area contributed by atoms with Gasteiger partial charge in [0, 0.05) is 0 Å². The van der Waals surface area contributed by atoms with Crippen LogP contribution in [0.15, 0.2) is 58.5 Å². The Morgan fingerprint density at radius 3 is 2.44 bits per heavy atom. The van der Waals surface area contributed by atoms with Crippen LogP contribution in [0.1, 0.15) is 22.1 Å². The van der Waals surface area contributed by atoms with Crippen LogP contribution >= 0.6 is 0 Å². The summed E-state index contributed by atoms with van der Waals surface area (Å²) in [4.78, 5) is 19.8. The second kappa shape index (κ2) is 4.07. The van der Waals surface area contributed by atoms with Crippen LogP contribution in [0.25, 0.3) is 0 Å². The van der Waals surface area contributed by atoms with Gasteiger partial charge in [-0.2, -0.15) is 0 Å². The van der Waals surface area contributed by atoms with Crippen molar-refractivity contribution in [2.45, 2.75) is 6.17 Å². The van der Waals surface area contributed by atoms with E-state index in [0.717, 1.165) is 10.9 Å². The van der Waals surface area contributed by atoms with Crippen LogP contribution in [0.4, 0.5) is 0 Å². The quantitative estimate of drug-likeness (QED) is 0.858. The molecule has 1 N–H and O–H groups in total. The molecule has 0 unspecified atom stereocenters. The summed E-state index contributed by atoms with van der Waals surface area (Å²) in [6.07, 6.45) is -0.259. The zero-order valence-electron chi connectivity index (χ0n) is 9.45. The molecule has 0 saturated carbocycles. The standard InChI is InChI=1S/C14H10N2O2/c17-14(18)10-6-7-11-12(8-10)16-13(15-11)9-4-2-1-3-5-9/h1-8,13H,(H,17,18)/t13-/m0/s1. The minimum atomic E-state index is -0.948. The largest absolute Gasteiger partial charge is 0.478 e. The minimum absolute atomic E-state index is 0.237. The Hall–Kier alpha value is -2.49. The van der Waals surface area contributed by atoms with Gasteiger partial charge in [0.1, 0.15) is 0 Å². The summed E-state index contributed by atoms with van der Waals surface area (Å²) in [6.45, 7) is 0. The predicted octanol–water partition coefficient (Wildman–Crippen LogP) is 1.34. The monoisotopic (exact) mass is 238 g/mol. The molecule has 18 heavy (non-hydrogen) atoms. The minimum Gasteiger partial charge on any atom is -0.478 e. The Bertz CT molecular complexity index is 723. The molecule has 1 atom stereocenters. The van der Waals surface area contributed by atoms with Crippen LogP contribution in [0.5, 0.6) is 0 Å². The molecule has 4 nitrogen and oxygen atoms in total. The highest BCUT2D eigenvalue weighted by atomic mass is 16.4. The molecule has 0 saturated heterocycles. The zero-order chi connectivity index (χ0) is 12.5. The van der Waals surface area contributed by atoms with Crippen LogP contribution in [0.3, 0.4) is 0 Å². The van der Waals surface area contributed by atoms with Crippen LogP contribution in [-0.2, 0) is 0 Å². The van der Waals surface area contributed by atoms with Crippen molar-refractivity contribution in [3.05, 3.63) is 70.4 Å². The van der Waals surface area contributed by atoms with Gasteiger partial charge in [0.15, 0.2) is 6.17 Å². The van der Waals surface area contributed by atoms with Crippen molar-refractivity contribution >= 4 is 5.97 Å². The van der Waals surface area contributed by atoms with Gasteiger partial charge in [0.2, 0.25) is 0 Å². The fourth-order valence-electron chi connectivity index (χ4n) is 1.94. The van der Waals surface area contributed by atoms with E-state index >= 15 is 0 Å². The van der Waals surface area contributed by atoms with Crippen molar-refractivity contribution < 1.29 is 9.90 Å². The first-order chi connectivity index (χ1) is 8.74. The highest BCUT2D eigenvalue weighted by Crippen LogP contribution is 2.18. The molecule has 3 rings (SSSR count). The normalized spacial score (nSPS) is 16.6. The first-order valence-corrected chi connectivity index (χ1v) is 5.58. The van der Waals surface area contributed by atoms with Crippen molar-refractivity contribution in [1.29, 1.82) is 0 Å². The van der Waals surface area contributed by atoms with Crippen molar-refractivity contribution in [3.8, 4) is 0 Å². The number of carboxylic acid groups (broad SMARTS) is 1. The summed E-state index contributed by atoms with van der Waals surface area (Å²) >= 11 is 0. The fraction of sp³-hybridized carbons (Fsp3) is 0.0714. The summed E-state index contributed by atoms with van der Waals surface area (Å²) < 4.78 is 0. The van der Waals surface area contributed by atoms with Crippen molar-refractivity contribution in [2.24, 2.45) is 9.98 Å². The number of carbonyl (C=O) groups is 1. The van der Waals surface area contributed by atoms with Crippen LogP contribution in [0.2, 0.25) is 0 Å². The number of fused-ring (bicyclic) bond motifs is 1. The number of rotatable bonds is 2. The lowest BCUT2D eigenvalue weighted by Gasteiger charge is -2.02. The third kappa shape index (κ3) is 1.78. The second-order valence-electron chi connectivity index (χ2n) is 4.05. The zero-order valence-corrected chi connectivity index (χ0v) is 9.45. The number of carboxylic acids is 1. The van der Waals surface area contributed by atoms with Gasteiger partial charge in [0.05, 0.1) is 16.3 Å². The maximum Gasteiger partial charge on any atom is 0.335 e. The molecule has 88 valence electrons. The van der Waals surface area contributed by atoms with E-state index in [-0.39, 0.29) is 11.7 Å². The molecule has 2 aromatic carbocycles. The van der Waals surface area contributed by atoms with Gasteiger partial charge in [0.25, 0.3) is 0 Å². The molecule has 1 aliphatic rings. The average Bonchev–Trinajstić information content (AvgIpc) is 2.82. The Kier molecular flexibility index (Phi) is 2.41. The van der Waals surface area contributed by atoms with E-state index in [0.29, 0.717) is 5.36 Å². The van der Waals surface area contributed by atoms with Crippen molar-refractivity contribution in [1.82, 2.24) is 0 Å². The SMILES string of the molecule is O=C(O)c1ccc2c(c1)=N[C@@H](c1ccccc1)N=2. The Morgan fingerprint density at radius 2 is 1.72 bits per heavy atom. The summed E-state index contributed by atoms with van der Waals surface area (Å²) in [6, 6.07) is 14.5. The van der Waals surface area contributed by atoms with E-state index in [9.17, 15) is 4.79 Å². The van der Waals surface area contributed by atoms with Gasteiger partial charge in [-0.1, -0.05) is 30.3 Å². The third-order valence-electron chi connectivity index (χ3n) is 2.84. The van der Waals surface area contributed by atoms with E-state index in [4.69, 9.17) is 5.11 Å². The summed E-state index contributed by atoms with van der Waals surface area (Å²) in [5.41, 5.74) is 1.24. The number of hydrogen-bond donors (Lipinski definition) is 1. The van der Waals surface area contributed by atoms with Gasteiger partial charge >= 0.3 is 5.97 Å². The molecule has 0 aromatic heterocycles. The lowest BCUT2D eigenvalue weighted by atomic mass is 10.2. The summed E-state index contributed by atoms with van der Waals surface area (Å²) in [5, 5.41) is 10.3. The topological polar surface area (TPSA) is 62.0 Å². The van der Waals surface area contributed by atoms with Gasteiger partial charge < -0.3 is 5.11 Å². The summed E-state index contributed by atoms with van der Waals surface area (Å²) in [5.74, 6) is -0.948. The molecule has 0 bridgehead atoms. The second-order valence-corrected chi connectivity index (χ2v) is 4.05. The molecule has 0 amide bonds. The third-order valence-corrected chi connectivity index (χ3v) is 2.84. The molecule has 0 radical (unpaired) electrons. The highest BCUT2D eigenvalue weighted by molar-refractivity contribution is 5.87. The first kappa shape index (κ1) is 10.7.